The highest BCUT2D eigenvalue weighted by molar-refractivity contribution is 6.34. The van der Waals surface area contributed by atoms with Crippen molar-refractivity contribution in [3.8, 4) is 0 Å². The third-order valence-electron chi connectivity index (χ3n) is 5.71. The Morgan fingerprint density at radius 1 is 1.04 bits per heavy atom. The molecular weight excluding hydrogens is 376 g/mol. The maximum Gasteiger partial charge on any atom is 0.253 e. The average molecular weight is 397 g/mol. The molecule has 28 heavy (non-hydrogen) atoms. The molecule has 2 aliphatic rings. The van der Waals surface area contributed by atoms with Crippen molar-refractivity contribution in [2.24, 2.45) is 5.92 Å². The van der Waals surface area contributed by atoms with Gasteiger partial charge in [-0.25, -0.2) is 0 Å². The number of hydrogen-bond acceptors (Lipinski definition) is 4. The Morgan fingerprint density at radius 2 is 1.64 bits per heavy atom. The Bertz CT molecular complexity index is 929. The molecule has 1 heterocycles. The van der Waals surface area contributed by atoms with E-state index in [1.54, 1.807) is 42.5 Å². The fourth-order valence-corrected chi connectivity index (χ4v) is 4.25. The van der Waals surface area contributed by atoms with E-state index in [-0.39, 0.29) is 11.6 Å². The third kappa shape index (κ3) is 2.95. The molecule has 0 bridgehead atoms. The van der Waals surface area contributed by atoms with Crippen LogP contribution in [-0.2, 0) is 0 Å². The highest BCUT2D eigenvalue weighted by Crippen LogP contribution is 2.35. The van der Waals surface area contributed by atoms with Crippen LogP contribution in [0, 0.1) is 5.92 Å². The Labute approximate surface area is 168 Å². The molecule has 0 saturated carbocycles. The number of rotatable bonds is 3. The first-order valence-corrected chi connectivity index (χ1v) is 9.83. The van der Waals surface area contributed by atoms with E-state index in [0.717, 1.165) is 12.8 Å². The largest absolute Gasteiger partial charge is 0.320 e. The lowest BCUT2D eigenvalue weighted by molar-refractivity contribution is 0.0260. The highest BCUT2D eigenvalue weighted by atomic mass is 35.5. The Kier molecular flexibility index (Phi) is 4.81. The standard InChI is InChI=1S/C22H21ClN2O3/c1-14-9-11-25(12-10-14)22(24-21(28)15-5-4-6-16(23)13-15)19(26)17-7-2-3-8-18(17)20(22)27/h2-8,13-14H,9-12H2,1H3,(H,24,28). The molecule has 0 aromatic heterocycles. The van der Waals surface area contributed by atoms with E-state index < -0.39 is 11.6 Å². The van der Waals surface area contributed by atoms with E-state index in [1.807, 2.05) is 4.90 Å². The third-order valence-corrected chi connectivity index (χ3v) is 5.95. The lowest BCUT2D eigenvalue weighted by atomic mass is 9.93. The minimum atomic E-state index is -1.69. The van der Waals surface area contributed by atoms with Crippen molar-refractivity contribution in [3.63, 3.8) is 0 Å². The van der Waals surface area contributed by atoms with E-state index in [1.165, 1.54) is 6.07 Å². The van der Waals surface area contributed by atoms with Crippen LogP contribution in [0.4, 0.5) is 0 Å². The lowest BCUT2D eigenvalue weighted by Gasteiger charge is -2.42. The SMILES string of the molecule is CC1CCN(C2(NC(=O)c3cccc(Cl)c3)C(=O)c3ccccc3C2=O)CC1. The molecule has 2 aromatic rings. The lowest BCUT2D eigenvalue weighted by Crippen LogP contribution is -2.68. The molecular formula is C22H21ClN2O3. The summed E-state index contributed by atoms with van der Waals surface area (Å²) in [6.07, 6.45) is 1.73. The quantitative estimate of drug-likeness (QED) is 0.805. The molecule has 0 unspecified atom stereocenters. The van der Waals surface area contributed by atoms with Gasteiger partial charge in [-0.2, -0.15) is 0 Å². The van der Waals surface area contributed by atoms with Crippen molar-refractivity contribution in [1.29, 1.82) is 0 Å². The molecule has 1 aliphatic carbocycles. The number of carbonyl (C=O) groups excluding carboxylic acids is 3. The van der Waals surface area contributed by atoms with E-state index in [0.29, 0.717) is 40.7 Å². The topological polar surface area (TPSA) is 66.5 Å². The summed E-state index contributed by atoms with van der Waals surface area (Å²) in [4.78, 5) is 41.7. The summed E-state index contributed by atoms with van der Waals surface area (Å²) in [5.41, 5.74) is -0.660. The molecule has 5 nitrogen and oxygen atoms in total. The van der Waals surface area contributed by atoms with Gasteiger partial charge in [-0.05, 0) is 37.0 Å². The summed E-state index contributed by atoms with van der Waals surface area (Å²) in [6.45, 7) is 3.30. The van der Waals surface area contributed by atoms with Gasteiger partial charge < -0.3 is 5.32 Å². The molecule has 1 aliphatic heterocycles. The van der Waals surface area contributed by atoms with Gasteiger partial charge in [-0.1, -0.05) is 48.9 Å². The smallest absolute Gasteiger partial charge is 0.253 e. The zero-order chi connectivity index (χ0) is 19.9. The van der Waals surface area contributed by atoms with Crippen molar-refractivity contribution in [2.45, 2.75) is 25.4 Å². The second-order valence-corrected chi connectivity index (χ2v) is 7.98. The number of likely N-dealkylation sites (tertiary alicyclic amines) is 1. The molecule has 1 amide bonds. The van der Waals surface area contributed by atoms with Crippen molar-refractivity contribution in [2.75, 3.05) is 13.1 Å². The summed E-state index contributed by atoms with van der Waals surface area (Å²) >= 11 is 6.01. The molecule has 144 valence electrons. The number of halogens is 1. The summed E-state index contributed by atoms with van der Waals surface area (Å²) in [6, 6.07) is 13.2. The summed E-state index contributed by atoms with van der Waals surface area (Å²) in [5, 5.41) is 3.21. The van der Waals surface area contributed by atoms with Gasteiger partial charge in [0, 0.05) is 34.8 Å². The number of amides is 1. The van der Waals surface area contributed by atoms with Crippen LogP contribution in [0.25, 0.3) is 0 Å². The van der Waals surface area contributed by atoms with Crippen molar-refractivity contribution >= 4 is 29.1 Å². The molecule has 4 rings (SSSR count). The van der Waals surface area contributed by atoms with Crippen LogP contribution < -0.4 is 5.32 Å². The van der Waals surface area contributed by atoms with E-state index in [4.69, 9.17) is 11.6 Å². The number of fused-ring (bicyclic) bond motifs is 1. The Balaban J connectivity index is 1.76. The number of hydrogen-bond donors (Lipinski definition) is 1. The zero-order valence-electron chi connectivity index (χ0n) is 15.6. The monoisotopic (exact) mass is 396 g/mol. The molecule has 2 aromatic carbocycles. The predicted octanol–water partition coefficient (Wildman–Crippen LogP) is 3.58. The molecule has 0 radical (unpaired) electrons. The summed E-state index contributed by atoms with van der Waals surface area (Å²) in [5.74, 6) is -0.697. The van der Waals surface area contributed by atoms with Crippen molar-refractivity contribution < 1.29 is 14.4 Å². The van der Waals surface area contributed by atoms with E-state index >= 15 is 0 Å². The van der Waals surface area contributed by atoms with Gasteiger partial charge in [0.05, 0.1) is 0 Å². The number of nitrogens with zero attached hydrogens (tertiary/aromatic N) is 1. The first kappa shape index (κ1) is 18.8. The Hall–Kier alpha value is -2.50. The normalized spacial score (nSPS) is 19.5. The van der Waals surface area contributed by atoms with Gasteiger partial charge in [0.2, 0.25) is 17.2 Å². The van der Waals surface area contributed by atoms with Crippen LogP contribution in [0.2, 0.25) is 5.02 Å². The van der Waals surface area contributed by atoms with E-state index in [2.05, 4.69) is 12.2 Å². The number of benzene rings is 2. The fraction of sp³-hybridized carbons (Fsp3) is 0.318. The Morgan fingerprint density at radius 3 is 2.21 bits per heavy atom. The summed E-state index contributed by atoms with van der Waals surface area (Å²) in [7, 11) is 0. The minimum absolute atomic E-state index is 0.314. The molecule has 1 N–H and O–H groups in total. The number of piperidine rings is 1. The van der Waals surface area contributed by atoms with Gasteiger partial charge in [-0.3, -0.25) is 19.3 Å². The van der Waals surface area contributed by atoms with Gasteiger partial charge in [0.25, 0.3) is 5.91 Å². The maximum atomic E-state index is 13.4. The van der Waals surface area contributed by atoms with Crippen LogP contribution >= 0.6 is 11.6 Å². The number of ketones is 2. The molecule has 6 heteroatoms. The van der Waals surface area contributed by atoms with Crippen LogP contribution in [0.1, 0.15) is 50.8 Å². The second-order valence-electron chi connectivity index (χ2n) is 7.55. The van der Waals surface area contributed by atoms with Gasteiger partial charge in [0.15, 0.2) is 0 Å². The maximum absolute atomic E-state index is 13.4. The van der Waals surface area contributed by atoms with Crippen LogP contribution in [0.5, 0.6) is 0 Å². The zero-order valence-corrected chi connectivity index (χ0v) is 16.3. The van der Waals surface area contributed by atoms with Crippen molar-refractivity contribution in [1.82, 2.24) is 10.2 Å². The number of Topliss-reactive ketones (excluding diaryl/α,β-unsaturated/α-hetero) is 2. The van der Waals surface area contributed by atoms with Gasteiger partial charge in [-0.15, -0.1) is 0 Å². The molecule has 0 atom stereocenters. The fourth-order valence-electron chi connectivity index (χ4n) is 4.06. The molecule has 1 fully saturated rings. The molecule has 0 spiro atoms. The summed E-state index contributed by atoms with van der Waals surface area (Å²) < 4.78 is 0. The first-order valence-electron chi connectivity index (χ1n) is 9.45. The molecule has 1 saturated heterocycles. The number of carbonyl (C=O) groups is 3. The van der Waals surface area contributed by atoms with E-state index in [9.17, 15) is 14.4 Å². The number of nitrogens with one attached hydrogen (secondary N) is 1. The van der Waals surface area contributed by atoms with Gasteiger partial charge in [0.1, 0.15) is 0 Å². The minimum Gasteiger partial charge on any atom is -0.320 e. The van der Waals surface area contributed by atoms with Crippen LogP contribution in [0.15, 0.2) is 48.5 Å². The van der Waals surface area contributed by atoms with Crippen LogP contribution in [0.3, 0.4) is 0 Å². The first-order chi connectivity index (χ1) is 13.4. The van der Waals surface area contributed by atoms with Crippen LogP contribution in [-0.4, -0.2) is 41.1 Å². The second kappa shape index (κ2) is 7.15. The van der Waals surface area contributed by atoms with Crippen molar-refractivity contribution in [3.05, 3.63) is 70.2 Å². The van der Waals surface area contributed by atoms with Gasteiger partial charge >= 0.3 is 0 Å². The highest BCUT2D eigenvalue weighted by Gasteiger charge is 2.58. The predicted molar refractivity (Wildman–Crippen MR) is 107 cm³/mol. The average Bonchev–Trinajstić information content (AvgIpc) is 2.91.